The fraction of sp³-hybridized carbons (Fsp3) is 0. The van der Waals surface area contributed by atoms with Crippen LogP contribution in [0, 0.1) is 10.1 Å². The number of rotatable bonds is 4. The monoisotopic (exact) mass is 481 g/mol. The summed E-state index contributed by atoms with van der Waals surface area (Å²) in [6.45, 7) is 0. The predicted molar refractivity (Wildman–Crippen MR) is 114 cm³/mol. The minimum Gasteiger partial charge on any atom is -0.456 e. The van der Waals surface area contributed by atoms with Crippen LogP contribution in [0.3, 0.4) is 0 Å². The van der Waals surface area contributed by atoms with E-state index in [-0.39, 0.29) is 34.0 Å². The summed E-state index contributed by atoms with van der Waals surface area (Å²) in [6.07, 6.45) is 1.19. The Morgan fingerprint density at radius 3 is 2.42 bits per heavy atom. The Morgan fingerprint density at radius 1 is 1.00 bits per heavy atom. The first-order valence-electron chi connectivity index (χ1n) is 8.86. The molecule has 31 heavy (non-hydrogen) atoms. The Kier molecular flexibility index (Phi) is 5.22. The molecular weight excluding hydrogens is 470 g/mol. The first-order valence-corrected chi connectivity index (χ1v) is 9.65. The van der Waals surface area contributed by atoms with Crippen LogP contribution in [0.5, 0.6) is 0 Å². The number of barbiturate groups is 1. The van der Waals surface area contributed by atoms with Crippen LogP contribution in [-0.2, 0) is 9.59 Å². The molecule has 4 rings (SSSR count). The molecule has 0 unspecified atom stereocenters. The van der Waals surface area contributed by atoms with Gasteiger partial charge in [-0.25, -0.2) is 9.69 Å². The lowest BCUT2D eigenvalue weighted by Crippen LogP contribution is -2.54. The topological polar surface area (TPSA) is 123 Å². The summed E-state index contributed by atoms with van der Waals surface area (Å²) >= 11 is 3.28. The van der Waals surface area contributed by atoms with Crippen molar-refractivity contribution < 1.29 is 23.7 Å². The number of nitrogens with zero attached hydrogens (tertiary/aromatic N) is 2. The molecule has 3 aromatic rings. The van der Waals surface area contributed by atoms with Crippen LogP contribution in [0.1, 0.15) is 5.76 Å². The van der Waals surface area contributed by atoms with Crippen LogP contribution in [0.15, 0.2) is 75.1 Å². The molecule has 1 fully saturated rings. The molecule has 9 nitrogen and oxygen atoms in total. The summed E-state index contributed by atoms with van der Waals surface area (Å²) in [7, 11) is 0. The van der Waals surface area contributed by atoms with Crippen LogP contribution in [-0.4, -0.2) is 22.8 Å². The first-order chi connectivity index (χ1) is 14.8. The molecule has 1 saturated heterocycles. The van der Waals surface area contributed by atoms with Gasteiger partial charge in [-0.05, 0) is 48.5 Å². The molecule has 1 aliphatic rings. The highest BCUT2D eigenvalue weighted by Gasteiger charge is 2.37. The van der Waals surface area contributed by atoms with Gasteiger partial charge in [0.25, 0.3) is 17.5 Å². The van der Waals surface area contributed by atoms with Gasteiger partial charge >= 0.3 is 6.03 Å². The van der Waals surface area contributed by atoms with Crippen molar-refractivity contribution in [2.24, 2.45) is 0 Å². The highest BCUT2D eigenvalue weighted by atomic mass is 79.9. The Balaban J connectivity index is 1.69. The maximum atomic E-state index is 12.9. The SMILES string of the molecule is O=C1NC(=O)N(c2ccc(Br)cc2)C(=O)/C1=C\c1ccc(-c2ccccc2[N+](=O)[O-])o1. The number of nitro benzene ring substituents is 1. The second-order valence-corrected chi connectivity index (χ2v) is 7.33. The molecule has 4 amide bonds. The van der Waals surface area contributed by atoms with Gasteiger partial charge in [-0.15, -0.1) is 0 Å². The zero-order valence-electron chi connectivity index (χ0n) is 15.6. The Labute approximate surface area is 183 Å². The number of carbonyl (C=O) groups is 3. The number of benzene rings is 2. The molecular formula is C21H12BrN3O6. The van der Waals surface area contributed by atoms with E-state index in [2.05, 4.69) is 21.2 Å². The quantitative estimate of drug-likeness (QED) is 0.256. The van der Waals surface area contributed by atoms with E-state index in [0.717, 1.165) is 9.37 Å². The zero-order valence-corrected chi connectivity index (χ0v) is 17.2. The van der Waals surface area contributed by atoms with E-state index in [9.17, 15) is 24.5 Å². The van der Waals surface area contributed by atoms with Gasteiger partial charge in [0.15, 0.2) is 0 Å². The fourth-order valence-corrected chi connectivity index (χ4v) is 3.31. The highest BCUT2D eigenvalue weighted by molar-refractivity contribution is 9.10. The number of nitro groups is 1. The average Bonchev–Trinajstić information content (AvgIpc) is 3.21. The number of carbonyl (C=O) groups excluding carboxylic acids is 3. The molecule has 2 heterocycles. The number of halogens is 1. The fourth-order valence-electron chi connectivity index (χ4n) is 3.04. The molecule has 1 aliphatic heterocycles. The van der Waals surface area contributed by atoms with E-state index in [1.807, 2.05) is 0 Å². The minimum absolute atomic E-state index is 0.122. The van der Waals surface area contributed by atoms with Gasteiger partial charge in [-0.2, -0.15) is 0 Å². The van der Waals surface area contributed by atoms with Crippen molar-refractivity contribution in [2.75, 3.05) is 4.90 Å². The van der Waals surface area contributed by atoms with E-state index >= 15 is 0 Å². The number of furan rings is 1. The maximum Gasteiger partial charge on any atom is 0.335 e. The number of hydrogen-bond acceptors (Lipinski definition) is 6. The molecule has 10 heteroatoms. The molecule has 2 aromatic carbocycles. The second kappa shape index (κ2) is 8.00. The molecule has 1 N–H and O–H groups in total. The molecule has 0 radical (unpaired) electrons. The number of amides is 4. The van der Waals surface area contributed by atoms with Gasteiger partial charge in [0, 0.05) is 10.5 Å². The summed E-state index contributed by atoms with van der Waals surface area (Å²) in [4.78, 5) is 49.0. The van der Waals surface area contributed by atoms with Crippen LogP contribution in [0.25, 0.3) is 17.4 Å². The van der Waals surface area contributed by atoms with Crippen molar-refractivity contribution in [2.45, 2.75) is 0 Å². The Morgan fingerprint density at radius 2 is 1.71 bits per heavy atom. The number of urea groups is 1. The zero-order chi connectivity index (χ0) is 22.1. The average molecular weight is 482 g/mol. The van der Waals surface area contributed by atoms with Crippen LogP contribution < -0.4 is 10.2 Å². The van der Waals surface area contributed by atoms with E-state index in [1.54, 1.807) is 30.3 Å². The second-order valence-electron chi connectivity index (χ2n) is 6.41. The largest absolute Gasteiger partial charge is 0.456 e. The minimum atomic E-state index is -0.869. The van der Waals surface area contributed by atoms with Gasteiger partial charge in [0.2, 0.25) is 0 Å². The highest BCUT2D eigenvalue weighted by Crippen LogP contribution is 2.32. The number of anilines is 1. The molecule has 0 atom stereocenters. The third-order valence-corrected chi connectivity index (χ3v) is 4.99. The standard InChI is InChI=1S/C21H12BrN3O6/c22-12-5-7-13(8-6-12)24-20(27)16(19(26)23-21(24)28)11-14-9-10-18(31-14)15-3-1-2-4-17(15)25(29)30/h1-11H,(H,23,26,28)/b16-11-. The van der Waals surface area contributed by atoms with Crippen molar-refractivity contribution in [3.05, 3.63) is 86.6 Å². The molecule has 0 bridgehead atoms. The molecule has 0 aliphatic carbocycles. The van der Waals surface area contributed by atoms with Crippen molar-refractivity contribution in [1.82, 2.24) is 5.32 Å². The van der Waals surface area contributed by atoms with Crippen molar-refractivity contribution in [3.63, 3.8) is 0 Å². The van der Waals surface area contributed by atoms with Gasteiger partial charge in [0.1, 0.15) is 17.1 Å². The van der Waals surface area contributed by atoms with Crippen molar-refractivity contribution in [1.29, 1.82) is 0 Å². The number of nitrogens with one attached hydrogen (secondary N) is 1. The third kappa shape index (κ3) is 3.88. The molecule has 0 spiro atoms. The molecule has 1 aromatic heterocycles. The summed E-state index contributed by atoms with van der Waals surface area (Å²) in [5.74, 6) is -1.37. The number of hydrogen-bond donors (Lipinski definition) is 1. The first kappa shape index (κ1) is 20.2. The predicted octanol–water partition coefficient (Wildman–Crippen LogP) is 4.28. The van der Waals surface area contributed by atoms with E-state index in [4.69, 9.17) is 4.42 Å². The van der Waals surface area contributed by atoms with Crippen LogP contribution >= 0.6 is 15.9 Å². The summed E-state index contributed by atoms with van der Waals surface area (Å²) in [5, 5.41) is 13.4. The molecule has 0 saturated carbocycles. The lowest BCUT2D eigenvalue weighted by Gasteiger charge is -2.26. The third-order valence-electron chi connectivity index (χ3n) is 4.47. The van der Waals surface area contributed by atoms with Crippen LogP contribution in [0.4, 0.5) is 16.2 Å². The van der Waals surface area contributed by atoms with Crippen molar-refractivity contribution >= 4 is 51.2 Å². The lowest BCUT2D eigenvalue weighted by molar-refractivity contribution is -0.384. The Bertz CT molecular complexity index is 1260. The summed E-state index contributed by atoms with van der Waals surface area (Å²) in [6, 6.07) is 14.5. The van der Waals surface area contributed by atoms with Crippen LogP contribution in [0.2, 0.25) is 0 Å². The normalized spacial score (nSPS) is 15.3. The summed E-state index contributed by atoms with van der Waals surface area (Å²) < 4.78 is 6.38. The smallest absolute Gasteiger partial charge is 0.335 e. The van der Waals surface area contributed by atoms with E-state index in [0.29, 0.717) is 0 Å². The van der Waals surface area contributed by atoms with Gasteiger partial charge in [-0.1, -0.05) is 28.1 Å². The maximum absolute atomic E-state index is 12.9. The Hall–Kier alpha value is -4.05. The number of imide groups is 2. The molecule has 154 valence electrons. The van der Waals surface area contributed by atoms with E-state index < -0.39 is 22.8 Å². The van der Waals surface area contributed by atoms with Gasteiger partial charge in [-0.3, -0.25) is 25.0 Å². The van der Waals surface area contributed by atoms with Gasteiger partial charge < -0.3 is 4.42 Å². The van der Waals surface area contributed by atoms with E-state index in [1.165, 1.54) is 36.4 Å². The number of para-hydroxylation sites is 1. The van der Waals surface area contributed by atoms with Crippen molar-refractivity contribution in [3.8, 4) is 11.3 Å². The lowest BCUT2D eigenvalue weighted by atomic mass is 10.1. The summed E-state index contributed by atoms with van der Waals surface area (Å²) in [5.41, 5.74) is 0.0768. The van der Waals surface area contributed by atoms with Gasteiger partial charge in [0.05, 0.1) is 16.2 Å².